The second-order valence-electron chi connectivity index (χ2n) is 7.65. The van der Waals surface area contributed by atoms with Crippen LogP contribution in [0, 0.1) is 12.7 Å². The Morgan fingerprint density at radius 1 is 1.24 bits per heavy atom. The number of carbonyl (C=O) groups is 1. The van der Waals surface area contributed by atoms with Gasteiger partial charge in [0.1, 0.15) is 22.8 Å². The summed E-state index contributed by atoms with van der Waals surface area (Å²) in [7, 11) is -3.61. The third-order valence-corrected chi connectivity index (χ3v) is 8.17. The molecule has 0 saturated heterocycles. The van der Waals surface area contributed by atoms with Gasteiger partial charge < -0.3 is 9.42 Å². The van der Waals surface area contributed by atoms with E-state index in [9.17, 15) is 17.6 Å². The van der Waals surface area contributed by atoms with Crippen LogP contribution in [0.4, 0.5) is 10.1 Å². The van der Waals surface area contributed by atoms with Gasteiger partial charge in [0.05, 0.1) is 15.5 Å². The summed E-state index contributed by atoms with van der Waals surface area (Å²) in [4.78, 5) is 15.2. The molecule has 1 aliphatic heterocycles. The molecule has 174 valence electrons. The SMILES string of the molecule is CCN(CC)S(=O)(=O)c1ccc2c(c1)CCN2C(=O)c1c(-c2c(F)cccc2Cl)noc1C. The van der Waals surface area contributed by atoms with E-state index in [1.165, 1.54) is 33.5 Å². The van der Waals surface area contributed by atoms with Crippen molar-refractivity contribution >= 4 is 33.2 Å². The van der Waals surface area contributed by atoms with Crippen LogP contribution in [0.5, 0.6) is 0 Å². The van der Waals surface area contributed by atoms with Crippen LogP contribution < -0.4 is 4.90 Å². The number of rotatable bonds is 6. The summed E-state index contributed by atoms with van der Waals surface area (Å²) >= 11 is 6.19. The summed E-state index contributed by atoms with van der Waals surface area (Å²) < 4.78 is 46.9. The molecule has 0 spiro atoms. The number of hydrogen-bond acceptors (Lipinski definition) is 5. The van der Waals surface area contributed by atoms with Crippen LogP contribution in [0.3, 0.4) is 0 Å². The molecule has 0 fully saturated rings. The second kappa shape index (κ2) is 8.89. The summed E-state index contributed by atoms with van der Waals surface area (Å²) in [6.45, 7) is 6.24. The highest BCUT2D eigenvalue weighted by Gasteiger charge is 2.33. The van der Waals surface area contributed by atoms with E-state index in [0.717, 1.165) is 5.56 Å². The molecule has 0 bridgehead atoms. The molecule has 4 rings (SSSR count). The molecular formula is C23H23ClFN3O4S. The number of fused-ring (bicyclic) bond motifs is 1. The smallest absolute Gasteiger partial charge is 0.264 e. The normalized spacial score (nSPS) is 13.6. The van der Waals surface area contributed by atoms with E-state index in [4.69, 9.17) is 16.1 Å². The van der Waals surface area contributed by atoms with Crippen molar-refractivity contribution in [1.82, 2.24) is 9.46 Å². The van der Waals surface area contributed by atoms with Crippen molar-refractivity contribution in [1.29, 1.82) is 0 Å². The molecule has 7 nitrogen and oxygen atoms in total. The van der Waals surface area contributed by atoms with E-state index in [1.807, 2.05) is 0 Å². The first-order chi connectivity index (χ1) is 15.7. The Labute approximate surface area is 196 Å². The van der Waals surface area contributed by atoms with Crippen LogP contribution in [-0.4, -0.2) is 43.4 Å². The van der Waals surface area contributed by atoms with Gasteiger partial charge >= 0.3 is 0 Å². The fraction of sp³-hybridized carbons (Fsp3) is 0.304. The summed E-state index contributed by atoms with van der Waals surface area (Å²) in [6.07, 6.45) is 0.489. The number of benzene rings is 2. The summed E-state index contributed by atoms with van der Waals surface area (Å²) in [5, 5.41) is 4.03. The number of sulfonamides is 1. The first-order valence-electron chi connectivity index (χ1n) is 10.6. The van der Waals surface area contributed by atoms with Gasteiger partial charge in [-0.1, -0.05) is 36.7 Å². The van der Waals surface area contributed by atoms with Crippen molar-refractivity contribution in [3.63, 3.8) is 0 Å². The fourth-order valence-corrected chi connectivity index (χ4v) is 5.88. The molecule has 0 radical (unpaired) electrons. The lowest BCUT2D eigenvalue weighted by molar-refractivity contribution is 0.0988. The highest BCUT2D eigenvalue weighted by Crippen LogP contribution is 2.37. The second-order valence-corrected chi connectivity index (χ2v) is 9.99. The lowest BCUT2D eigenvalue weighted by Crippen LogP contribution is -2.31. The summed E-state index contributed by atoms with van der Waals surface area (Å²) in [6, 6.07) is 8.98. The zero-order valence-electron chi connectivity index (χ0n) is 18.4. The number of amides is 1. The van der Waals surface area contributed by atoms with Gasteiger partial charge in [-0.2, -0.15) is 4.31 Å². The van der Waals surface area contributed by atoms with Crippen molar-refractivity contribution in [3.8, 4) is 11.3 Å². The van der Waals surface area contributed by atoms with Crippen molar-refractivity contribution < 1.29 is 22.1 Å². The van der Waals surface area contributed by atoms with Gasteiger partial charge in [-0.25, -0.2) is 12.8 Å². The van der Waals surface area contributed by atoms with Crippen LogP contribution in [0.25, 0.3) is 11.3 Å². The predicted molar refractivity (Wildman–Crippen MR) is 124 cm³/mol. The predicted octanol–water partition coefficient (Wildman–Crippen LogP) is 4.68. The average Bonchev–Trinajstić information content (AvgIpc) is 3.37. The zero-order valence-corrected chi connectivity index (χ0v) is 20.0. The highest BCUT2D eigenvalue weighted by atomic mass is 35.5. The summed E-state index contributed by atoms with van der Waals surface area (Å²) in [5.74, 6) is -0.789. The Balaban J connectivity index is 1.73. The topological polar surface area (TPSA) is 83.7 Å². The van der Waals surface area contributed by atoms with Gasteiger partial charge in [0, 0.05) is 25.3 Å². The molecular weight excluding hydrogens is 469 g/mol. The van der Waals surface area contributed by atoms with Gasteiger partial charge in [-0.3, -0.25) is 4.79 Å². The number of nitrogens with zero attached hydrogens (tertiary/aromatic N) is 3. The maximum atomic E-state index is 14.5. The molecule has 0 unspecified atom stereocenters. The van der Waals surface area contributed by atoms with Crippen molar-refractivity contribution in [2.45, 2.75) is 32.1 Å². The maximum absolute atomic E-state index is 14.5. The van der Waals surface area contributed by atoms with Crippen molar-refractivity contribution in [2.24, 2.45) is 0 Å². The van der Waals surface area contributed by atoms with Gasteiger partial charge in [-0.05, 0) is 49.2 Å². The molecule has 0 aliphatic carbocycles. The number of halogens is 2. The molecule has 0 N–H and O–H groups in total. The molecule has 1 aromatic heterocycles. The molecule has 0 atom stereocenters. The Kier molecular flexibility index (Phi) is 6.30. The van der Waals surface area contributed by atoms with Crippen molar-refractivity contribution in [2.75, 3.05) is 24.5 Å². The van der Waals surface area contributed by atoms with E-state index in [-0.39, 0.29) is 32.5 Å². The minimum Gasteiger partial charge on any atom is -0.360 e. The first-order valence-corrected chi connectivity index (χ1v) is 12.4. The minimum atomic E-state index is -3.61. The van der Waals surface area contributed by atoms with Crippen LogP contribution in [0.1, 0.15) is 35.5 Å². The molecule has 33 heavy (non-hydrogen) atoms. The van der Waals surface area contributed by atoms with Gasteiger partial charge in [0.2, 0.25) is 10.0 Å². The van der Waals surface area contributed by atoms with E-state index in [2.05, 4.69) is 5.16 Å². The first kappa shape index (κ1) is 23.4. The largest absolute Gasteiger partial charge is 0.360 e. The third kappa shape index (κ3) is 3.94. The molecule has 2 aromatic carbocycles. The van der Waals surface area contributed by atoms with Gasteiger partial charge in [0.15, 0.2) is 0 Å². The van der Waals surface area contributed by atoms with Gasteiger partial charge in [0.25, 0.3) is 5.91 Å². The number of aryl methyl sites for hydroxylation is 1. The van der Waals surface area contributed by atoms with Crippen LogP contribution >= 0.6 is 11.6 Å². The highest BCUT2D eigenvalue weighted by molar-refractivity contribution is 7.89. The van der Waals surface area contributed by atoms with Gasteiger partial charge in [-0.15, -0.1) is 0 Å². The lowest BCUT2D eigenvalue weighted by atomic mass is 10.0. The average molecular weight is 492 g/mol. The maximum Gasteiger partial charge on any atom is 0.264 e. The van der Waals surface area contributed by atoms with Crippen molar-refractivity contribution in [3.05, 3.63) is 64.1 Å². The summed E-state index contributed by atoms with van der Waals surface area (Å²) in [5.41, 5.74) is 1.50. The number of hydrogen-bond donors (Lipinski definition) is 0. The lowest BCUT2D eigenvalue weighted by Gasteiger charge is -2.20. The number of aromatic nitrogens is 1. The Bertz CT molecular complexity index is 1320. The minimum absolute atomic E-state index is 0.000508. The Morgan fingerprint density at radius 2 is 1.97 bits per heavy atom. The molecule has 0 saturated carbocycles. The zero-order chi connectivity index (χ0) is 23.9. The van der Waals surface area contributed by atoms with Crippen LogP contribution in [-0.2, 0) is 16.4 Å². The molecule has 1 aliphatic rings. The molecule has 1 amide bonds. The van der Waals surface area contributed by atoms with E-state index >= 15 is 0 Å². The quantitative estimate of drug-likeness (QED) is 0.500. The third-order valence-electron chi connectivity index (χ3n) is 5.81. The van der Waals surface area contributed by atoms with E-state index < -0.39 is 21.7 Å². The molecule has 10 heteroatoms. The number of carbonyl (C=O) groups excluding carboxylic acids is 1. The molecule has 2 heterocycles. The fourth-order valence-electron chi connectivity index (χ4n) is 4.12. The van der Waals surface area contributed by atoms with Crippen LogP contribution in [0.15, 0.2) is 45.8 Å². The van der Waals surface area contributed by atoms with E-state index in [1.54, 1.807) is 32.9 Å². The number of anilines is 1. The Morgan fingerprint density at radius 3 is 2.64 bits per heavy atom. The monoisotopic (exact) mass is 491 g/mol. The standard InChI is InChI=1S/C23H23ClFN3O4S/c1-4-27(5-2)33(30,31)16-9-10-19-15(13-16)11-12-28(19)23(29)20-14(3)32-26-22(20)21-17(24)7-6-8-18(21)25/h6-10,13H,4-5,11-12H2,1-3H3. The van der Waals surface area contributed by atoms with E-state index in [0.29, 0.717) is 31.7 Å². The molecule has 3 aromatic rings. The Hall–Kier alpha value is -2.75. The van der Waals surface area contributed by atoms with Crippen LogP contribution in [0.2, 0.25) is 5.02 Å².